The van der Waals surface area contributed by atoms with Crippen LogP contribution in [0.4, 0.5) is 0 Å². The standard InChI is InChI=1S/C8H10N2O2S2/c11-5-9-3-7-1-2-13-8(14-7)4-10-6-12/h7-8H,1-4H2. The fourth-order valence-electron chi connectivity index (χ4n) is 1.13. The van der Waals surface area contributed by atoms with Gasteiger partial charge in [0.05, 0.1) is 17.7 Å². The average molecular weight is 230 g/mol. The van der Waals surface area contributed by atoms with E-state index in [9.17, 15) is 9.59 Å². The molecule has 2 atom stereocenters. The highest BCUT2D eigenvalue weighted by molar-refractivity contribution is 8.17. The van der Waals surface area contributed by atoms with Crippen molar-refractivity contribution in [2.24, 2.45) is 9.98 Å². The maximum absolute atomic E-state index is 9.93. The second kappa shape index (κ2) is 6.85. The van der Waals surface area contributed by atoms with Gasteiger partial charge in [0.1, 0.15) is 0 Å². The Bertz CT molecular complexity index is 247. The number of carbonyl (C=O) groups excluding carboxylic acids is 2. The first-order valence-corrected chi connectivity index (χ1v) is 6.20. The first kappa shape index (κ1) is 11.5. The molecule has 1 aliphatic rings. The van der Waals surface area contributed by atoms with Crippen molar-refractivity contribution in [1.82, 2.24) is 0 Å². The van der Waals surface area contributed by atoms with Crippen LogP contribution in [0.2, 0.25) is 0 Å². The summed E-state index contributed by atoms with van der Waals surface area (Å²) in [6.45, 7) is 1.02. The molecule has 2 unspecified atom stereocenters. The van der Waals surface area contributed by atoms with Crippen molar-refractivity contribution in [3.05, 3.63) is 0 Å². The lowest BCUT2D eigenvalue weighted by Crippen LogP contribution is -2.20. The second-order valence-electron chi connectivity index (χ2n) is 2.71. The minimum atomic E-state index is 0.303. The zero-order valence-corrected chi connectivity index (χ0v) is 9.14. The van der Waals surface area contributed by atoms with Gasteiger partial charge >= 0.3 is 0 Å². The third-order valence-electron chi connectivity index (χ3n) is 1.75. The molecule has 0 aromatic carbocycles. The highest BCUT2D eigenvalue weighted by Crippen LogP contribution is 2.35. The van der Waals surface area contributed by atoms with Crippen LogP contribution in [0.1, 0.15) is 6.42 Å². The summed E-state index contributed by atoms with van der Waals surface area (Å²) in [5.41, 5.74) is 0. The molecule has 0 saturated carbocycles. The molecule has 14 heavy (non-hydrogen) atoms. The molecule has 0 aliphatic carbocycles. The third kappa shape index (κ3) is 4.11. The van der Waals surface area contributed by atoms with Gasteiger partial charge in [0.15, 0.2) is 0 Å². The van der Waals surface area contributed by atoms with E-state index in [0.29, 0.717) is 22.9 Å². The maximum atomic E-state index is 9.93. The van der Waals surface area contributed by atoms with E-state index in [1.165, 1.54) is 6.08 Å². The number of nitrogens with zero attached hydrogens (tertiary/aromatic N) is 2. The summed E-state index contributed by atoms with van der Waals surface area (Å²) in [5, 5.41) is 0.365. The van der Waals surface area contributed by atoms with Gasteiger partial charge in [-0.25, -0.2) is 19.6 Å². The van der Waals surface area contributed by atoms with Crippen LogP contribution in [-0.4, -0.2) is 40.8 Å². The lowest BCUT2D eigenvalue weighted by molar-refractivity contribution is 0.562. The Hall–Kier alpha value is -0.540. The van der Waals surface area contributed by atoms with E-state index < -0.39 is 0 Å². The monoisotopic (exact) mass is 230 g/mol. The van der Waals surface area contributed by atoms with Gasteiger partial charge < -0.3 is 0 Å². The summed E-state index contributed by atoms with van der Waals surface area (Å²) in [6, 6.07) is 0. The van der Waals surface area contributed by atoms with Crippen molar-refractivity contribution in [3.8, 4) is 0 Å². The van der Waals surface area contributed by atoms with Crippen LogP contribution >= 0.6 is 23.5 Å². The number of aliphatic imine (C=N–C) groups is 2. The molecule has 0 bridgehead atoms. The summed E-state index contributed by atoms with van der Waals surface area (Å²) < 4.78 is 0.303. The van der Waals surface area contributed by atoms with Gasteiger partial charge in [-0.1, -0.05) is 0 Å². The SMILES string of the molecule is O=C=NCC1CCSC(CN=C=O)S1. The van der Waals surface area contributed by atoms with E-state index in [4.69, 9.17) is 0 Å². The number of hydrogen-bond donors (Lipinski definition) is 0. The van der Waals surface area contributed by atoms with Crippen LogP contribution in [0, 0.1) is 0 Å². The molecular weight excluding hydrogens is 220 g/mol. The molecule has 6 heteroatoms. The minimum Gasteiger partial charge on any atom is -0.211 e. The Morgan fingerprint density at radius 1 is 1.21 bits per heavy atom. The number of isocyanates is 2. The summed E-state index contributed by atoms with van der Waals surface area (Å²) in [6.07, 6.45) is 4.12. The quantitative estimate of drug-likeness (QED) is 0.538. The maximum Gasteiger partial charge on any atom is 0.235 e. The Morgan fingerprint density at radius 3 is 2.64 bits per heavy atom. The Labute approximate surface area is 90.6 Å². The van der Waals surface area contributed by atoms with Crippen LogP contribution in [0.5, 0.6) is 0 Å². The smallest absolute Gasteiger partial charge is 0.211 e. The molecule has 1 rings (SSSR count). The highest BCUT2D eigenvalue weighted by Gasteiger charge is 2.22. The molecule has 76 valence electrons. The molecule has 0 spiro atoms. The van der Waals surface area contributed by atoms with E-state index in [2.05, 4.69) is 9.98 Å². The molecule has 1 fully saturated rings. The van der Waals surface area contributed by atoms with Crippen LogP contribution < -0.4 is 0 Å². The highest BCUT2D eigenvalue weighted by atomic mass is 32.2. The van der Waals surface area contributed by atoms with E-state index in [1.807, 2.05) is 0 Å². The zero-order valence-electron chi connectivity index (χ0n) is 7.51. The largest absolute Gasteiger partial charge is 0.235 e. The summed E-state index contributed by atoms with van der Waals surface area (Å²) in [7, 11) is 0. The second-order valence-corrected chi connectivity index (χ2v) is 5.83. The Morgan fingerprint density at radius 2 is 1.93 bits per heavy atom. The molecule has 1 saturated heterocycles. The zero-order chi connectivity index (χ0) is 10.2. The van der Waals surface area contributed by atoms with Crippen LogP contribution in [0.15, 0.2) is 9.98 Å². The van der Waals surface area contributed by atoms with Gasteiger partial charge in [0.25, 0.3) is 0 Å². The van der Waals surface area contributed by atoms with Crippen molar-refractivity contribution >= 4 is 35.7 Å². The fourth-order valence-corrected chi connectivity index (χ4v) is 4.23. The van der Waals surface area contributed by atoms with Gasteiger partial charge in [-0.05, 0) is 12.2 Å². The molecule has 0 aromatic rings. The van der Waals surface area contributed by atoms with Gasteiger partial charge in [-0.3, -0.25) is 0 Å². The third-order valence-corrected chi connectivity index (χ3v) is 4.71. The summed E-state index contributed by atoms with van der Waals surface area (Å²) >= 11 is 3.52. The van der Waals surface area contributed by atoms with Crippen LogP contribution in [0.3, 0.4) is 0 Å². The number of thioether (sulfide) groups is 2. The minimum absolute atomic E-state index is 0.303. The summed E-state index contributed by atoms with van der Waals surface area (Å²) in [5.74, 6) is 1.03. The topological polar surface area (TPSA) is 58.9 Å². The van der Waals surface area contributed by atoms with E-state index in [1.54, 1.807) is 29.6 Å². The first-order chi connectivity index (χ1) is 6.86. The first-order valence-electron chi connectivity index (χ1n) is 4.21. The van der Waals surface area contributed by atoms with Gasteiger partial charge in [-0.15, -0.1) is 23.5 Å². The predicted octanol–water partition coefficient (Wildman–Crippen LogP) is 1.22. The van der Waals surface area contributed by atoms with Crippen molar-refractivity contribution in [1.29, 1.82) is 0 Å². The normalized spacial score (nSPS) is 26.0. The summed E-state index contributed by atoms with van der Waals surface area (Å²) in [4.78, 5) is 27.0. The van der Waals surface area contributed by atoms with E-state index >= 15 is 0 Å². The fraction of sp³-hybridized carbons (Fsp3) is 0.750. The van der Waals surface area contributed by atoms with Crippen LogP contribution in [0.25, 0.3) is 0 Å². The molecule has 1 aliphatic heterocycles. The predicted molar refractivity (Wildman–Crippen MR) is 58.2 cm³/mol. The van der Waals surface area contributed by atoms with Gasteiger partial charge in [0.2, 0.25) is 12.2 Å². The molecule has 0 radical (unpaired) electrons. The Balaban J connectivity index is 2.34. The van der Waals surface area contributed by atoms with Crippen molar-refractivity contribution in [3.63, 3.8) is 0 Å². The lowest BCUT2D eigenvalue weighted by Gasteiger charge is -2.25. The molecule has 4 nitrogen and oxygen atoms in total. The van der Waals surface area contributed by atoms with Crippen molar-refractivity contribution < 1.29 is 9.59 Å². The average Bonchev–Trinajstić information content (AvgIpc) is 2.24. The number of rotatable bonds is 4. The molecule has 0 amide bonds. The number of hydrogen-bond acceptors (Lipinski definition) is 6. The molecular formula is C8H10N2O2S2. The van der Waals surface area contributed by atoms with E-state index in [-0.39, 0.29) is 0 Å². The molecule has 1 heterocycles. The Kier molecular flexibility index (Phi) is 5.64. The van der Waals surface area contributed by atoms with Crippen molar-refractivity contribution in [2.75, 3.05) is 18.8 Å². The molecule has 0 N–H and O–H groups in total. The van der Waals surface area contributed by atoms with Crippen LogP contribution in [-0.2, 0) is 9.59 Å². The van der Waals surface area contributed by atoms with Gasteiger partial charge in [0, 0.05) is 5.25 Å². The van der Waals surface area contributed by atoms with E-state index in [0.717, 1.165) is 12.2 Å². The lowest BCUT2D eigenvalue weighted by atomic mass is 10.3. The molecule has 0 aromatic heterocycles. The van der Waals surface area contributed by atoms with Crippen molar-refractivity contribution in [2.45, 2.75) is 16.3 Å². The van der Waals surface area contributed by atoms with Gasteiger partial charge in [-0.2, -0.15) is 0 Å².